The van der Waals surface area contributed by atoms with E-state index in [2.05, 4.69) is 22.2 Å². The lowest BCUT2D eigenvalue weighted by Crippen LogP contribution is -2.26. The number of methoxy groups -OCH3 is 1. The molecule has 0 unspecified atom stereocenters. The van der Waals surface area contributed by atoms with Crippen molar-refractivity contribution >= 4 is 0 Å². The van der Waals surface area contributed by atoms with E-state index >= 15 is 0 Å². The summed E-state index contributed by atoms with van der Waals surface area (Å²) in [6.45, 7) is 4.08. The second-order valence-electron chi connectivity index (χ2n) is 4.84. The summed E-state index contributed by atoms with van der Waals surface area (Å²) in [6, 6.07) is 0. The summed E-state index contributed by atoms with van der Waals surface area (Å²) in [6.07, 6.45) is 7.72. The molecule has 1 aliphatic rings. The van der Waals surface area contributed by atoms with Crippen LogP contribution in [-0.4, -0.2) is 23.6 Å². The van der Waals surface area contributed by atoms with Crippen LogP contribution in [0.25, 0.3) is 0 Å². The molecule has 96 valence electrons. The number of nitrogens with zero attached hydrogens (tertiary/aromatic N) is 1. The first-order chi connectivity index (χ1) is 8.30. The third-order valence-electron chi connectivity index (χ3n) is 3.60. The zero-order valence-corrected chi connectivity index (χ0v) is 10.9. The molecule has 1 aliphatic carbocycles. The fraction of sp³-hybridized carbons (Fsp3) is 0.769. The van der Waals surface area contributed by atoms with Crippen LogP contribution in [0.4, 0.5) is 0 Å². The smallest absolute Gasteiger partial charge is 0.138 e. The Kier molecular flexibility index (Phi) is 4.18. The van der Waals surface area contributed by atoms with Gasteiger partial charge in [-0.15, -0.1) is 0 Å². The molecule has 17 heavy (non-hydrogen) atoms. The van der Waals surface area contributed by atoms with Gasteiger partial charge in [0.05, 0.1) is 0 Å². The number of imidazole rings is 1. The lowest BCUT2D eigenvalue weighted by molar-refractivity contribution is -0.0157. The van der Waals surface area contributed by atoms with Crippen LogP contribution in [-0.2, 0) is 16.9 Å². The summed E-state index contributed by atoms with van der Waals surface area (Å²) in [5, 5.41) is 3.37. The van der Waals surface area contributed by atoms with Crippen molar-refractivity contribution in [2.45, 2.75) is 51.2 Å². The Balaban J connectivity index is 2.01. The first-order valence-electron chi connectivity index (χ1n) is 6.61. The van der Waals surface area contributed by atoms with Crippen molar-refractivity contribution in [3.05, 3.63) is 17.7 Å². The number of hydrogen-bond donors (Lipinski definition) is 2. The zero-order valence-electron chi connectivity index (χ0n) is 10.9. The Morgan fingerprint density at radius 1 is 1.47 bits per heavy atom. The second kappa shape index (κ2) is 5.65. The van der Waals surface area contributed by atoms with Crippen molar-refractivity contribution in [2.24, 2.45) is 0 Å². The van der Waals surface area contributed by atoms with Gasteiger partial charge >= 0.3 is 0 Å². The maximum Gasteiger partial charge on any atom is 0.138 e. The Bertz CT molecular complexity index is 342. The Labute approximate surface area is 103 Å². The van der Waals surface area contributed by atoms with Gasteiger partial charge in [0.1, 0.15) is 11.4 Å². The summed E-state index contributed by atoms with van der Waals surface area (Å²) in [7, 11) is 1.79. The number of H-pyrrole nitrogens is 1. The fourth-order valence-corrected chi connectivity index (χ4v) is 2.56. The molecule has 1 heterocycles. The highest BCUT2D eigenvalue weighted by molar-refractivity contribution is 5.10. The van der Waals surface area contributed by atoms with E-state index in [9.17, 15) is 0 Å². The van der Waals surface area contributed by atoms with Crippen molar-refractivity contribution in [3.8, 4) is 0 Å². The van der Waals surface area contributed by atoms with Gasteiger partial charge in [0.2, 0.25) is 0 Å². The third-order valence-corrected chi connectivity index (χ3v) is 3.60. The molecule has 0 bridgehead atoms. The quantitative estimate of drug-likeness (QED) is 0.747. The van der Waals surface area contributed by atoms with Gasteiger partial charge in [-0.25, -0.2) is 4.98 Å². The monoisotopic (exact) mass is 237 g/mol. The molecule has 1 saturated carbocycles. The molecule has 0 atom stereocenters. The van der Waals surface area contributed by atoms with Crippen molar-refractivity contribution in [3.63, 3.8) is 0 Å². The normalized spacial score (nSPS) is 18.7. The van der Waals surface area contributed by atoms with Crippen LogP contribution in [0.5, 0.6) is 0 Å². The standard InChI is InChI=1S/C13H23N3O/c1-3-8-14-9-11-10-15-12(16-11)13(17-2)6-4-5-7-13/h10,14H,3-9H2,1-2H3,(H,15,16). The fourth-order valence-electron chi connectivity index (χ4n) is 2.56. The van der Waals surface area contributed by atoms with Gasteiger partial charge in [0.15, 0.2) is 0 Å². The first kappa shape index (κ1) is 12.6. The maximum atomic E-state index is 5.71. The molecule has 0 saturated heterocycles. The lowest BCUT2D eigenvalue weighted by atomic mass is 10.0. The van der Waals surface area contributed by atoms with E-state index in [4.69, 9.17) is 4.74 Å². The third kappa shape index (κ3) is 2.69. The van der Waals surface area contributed by atoms with Crippen molar-refractivity contribution in [1.82, 2.24) is 15.3 Å². The number of nitrogens with one attached hydrogen (secondary N) is 2. The molecule has 1 aromatic rings. The maximum absolute atomic E-state index is 5.71. The van der Waals surface area contributed by atoms with E-state index in [1.54, 1.807) is 7.11 Å². The van der Waals surface area contributed by atoms with E-state index in [-0.39, 0.29) is 5.60 Å². The molecule has 4 heteroatoms. The van der Waals surface area contributed by atoms with E-state index in [0.29, 0.717) is 0 Å². The van der Waals surface area contributed by atoms with Gasteiger partial charge < -0.3 is 15.0 Å². The van der Waals surface area contributed by atoms with Crippen LogP contribution >= 0.6 is 0 Å². The van der Waals surface area contributed by atoms with E-state index < -0.39 is 0 Å². The van der Waals surface area contributed by atoms with Crippen LogP contribution < -0.4 is 5.32 Å². The Morgan fingerprint density at radius 2 is 2.24 bits per heavy atom. The van der Waals surface area contributed by atoms with Gasteiger partial charge in [-0.1, -0.05) is 6.92 Å². The van der Waals surface area contributed by atoms with Crippen molar-refractivity contribution in [1.29, 1.82) is 0 Å². The Morgan fingerprint density at radius 3 is 2.88 bits per heavy atom. The second-order valence-corrected chi connectivity index (χ2v) is 4.84. The van der Waals surface area contributed by atoms with E-state index in [1.807, 2.05) is 6.20 Å². The minimum absolute atomic E-state index is 0.150. The number of rotatable bonds is 6. The molecule has 0 aromatic carbocycles. The molecule has 4 nitrogen and oxygen atoms in total. The molecule has 0 spiro atoms. The predicted molar refractivity (Wildman–Crippen MR) is 67.7 cm³/mol. The molecular formula is C13H23N3O. The number of ether oxygens (including phenoxy) is 1. The van der Waals surface area contributed by atoms with Crippen LogP contribution in [0.1, 0.15) is 50.5 Å². The Hall–Kier alpha value is -0.870. The van der Waals surface area contributed by atoms with Crippen LogP contribution in [0.3, 0.4) is 0 Å². The summed E-state index contributed by atoms with van der Waals surface area (Å²) >= 11 is 0. The summed E-state index contributed by atoms with van der Waals surface area (Å²) in [4.78, 5) is 7.91. The largest absolute Gasteiger partial charge is 0.370 e. The molecule has 1 aromatic heterocycles. The van der Waals surface area contributed by atoms with Gasteiger partial charge in [-0.3, -0.25) is 0 Å². The predicted octanol–water partition coefficient (Wildman–Crippen LogP) is 2.33. The van der Waals surface area contributed by atoms with Gasteiger partial charge in [0, 0.05) is 25.5 Å². The topological polar surface area (TPSA) is 49.9 Å². The molecule has 0 aliphatic heterocycles. The summed E-state index contributed by atoms with van der Waals surface area (Å²) in [5.41, 5.74) is 1.000. The lowest BCUT2D eigenvalue weighted by Gasteiger charge is -2.24. The average molecular weight is 237 g/mol. The van der Waals surface area contributed by atoms with Crippen LogP contribution in [0.2, 0.25) is 0 Å². The molecule has 2 rings (SSSR count). The average Bonchev–Trinajstić information content (AvgIpc) is 2.98. The highest BCUT2D eigenvalue weighted by Gasteiger charge is 2.38. The van der Waals surface area contributed by atoms with Crippen molar-refractivity contribution in [2.75, 3.05) is 13.7 Å². The first-order valence-corrected chi connectivity index (χ1v) is 6.61. The van der Waals surface area contributed by atoms with E-state index in [0.717, 1.165) is 43.9 Å². The summed E-state index contributed by atoms with van der Waals surface area (Å²) < 4.78 is 5.71. The van der Waals surface area contributed by atoms with Gasteiger partial charge in [-0.2, -0.15) is 0 Å². The van der Waals surface area contributed by atoms with Crippen LogP contribution in [0.15, 0.2) is 6.20 Å². The minimum Gasteiger partial charge on any atom is -0.370 e. The molecule has 0 radical (unpaired) electrons. The highest BCUT2D eigenvalue weighted by Crippen LogP contribution is 2.39. The van der Waals surface area contributed by atoms with Crippen molar-refractivity contribution < 1.29 is 4.74 Å². The molecule has 2 N–H and O–H groups in total. The molecule has 1 fully saturated rings. The SMILES string of the molecule is CCCNCc1cnc(C2(OC)CCCC2)[nH]1. The van der Waals surface area contributed by atoms with E-state index in [1.165, 1.54) is 12.8 Å². The van der Waals surface area contributed by atoms with Gasteiger partial charge in [0.25, 0.3) is 0 Å². The summed E-state index contributed by atoms with van der Waals surface area (Å²) in [5.74, 6) is 1.01. The van der Waals surface area contributed by atoms with Crippen LogP contribution in [0, 0.1) is 0 Å². The zero-order chi connectivity index (χ0) is 12.1. The number of aromatic nitrogens is 2. The minimum atomic E-state index is -0.150. The molecule has 0 amide bonds. The number of hydrogen-bond acceptors (Lipinski definition) is 3. The highest BCUT2D eigenvalue weighted by atomic mass is 16.5. The molecular weight excluding hydrogens is 214 g/mol. The van der Waals surface area contributed by atoms with Gasteiger partial charge in [-0.05, 0) is 38.6 Å². The number of aromatic amines is 1.